The number of piperidine rings is 1. The Balaban J connectivity index is 1.65. The van der Waals surface area contributed by atoms with E-state index in [0.29, 0.717) is 12.6 Å². The van der Waals surface area contributed by atoms with Crippen molar-refractivity contribution in [1.82, 2.24) is 4.90 Å². The summed E-state index contributed by atoms with van der Waals surface area (Å²) in [6.07, 6.45) is 6.30. The molecule has 0 saturated carbocycles. The molecule has 4 heteroatoms. The number of hydrogen-bond acceptors (Lipinski definition) is 3. The van der Waals surface area contributed by atoms with Gasteiger partial charge in [0.25, 0.3) is 0 Å². The summed E-state index contributed by atoms with van der Waals surface area (Å²) in [4.78, 5) is 5.13. The normalized spacial score (nSPS) is 23.7. The van der Waals surface area contributed by atoms with E-state index in [9.17, 15) is 0 Å². The molecule has 2 saturated heterocycles. The molecule has 1 aromatic carbocycles. The smallest absolute Gasteiger partial charge is 0.0642 e. The van der Waals surface area contributed by atoms with Gasteiger partial charge in [0.05, 0.1) is 10.7 Å². The van der Waals surface area contributed by atoms with Gasteiger partial charge in [-0.2, -0.15) is 0 Å². The van der Waals surface area contributed by atoms with Gasteiger partial charge >= 0.3 is 0 Å². The van der Waals surface area contributed by atoms with Gasteiger partial charge in [0.15, 0.2) is 0 Å². The number of benzene rings is 1. The Bertz CT molecular complexity index is 471. The highest BCUT2D eigenvalue weighted by Gasteiger charge is 2.29. The maximum absolute atomic E-state index is 6.48. The molecule has 2 aliphatic heterocycles. The van der Waals surface area contributed by atoms with E-state index in [2.05, 4.69) is 28.0 Å². The maximum Gasteiger partial charge on any atom is 0.0642 e. The molecule has 2 aliphatic rings. The lowest BCUT2D eigenvalue weighted by Crippen LogP contribution is -2.40. The predicted octanol–water partition coefficient (Wildman–Crippen LogP) is 2.91. The van der Waals surface area contributed by atoms with E-state index < -0.39 is 0 Å². The summed E-state index contributed by atoms with van der Waals surface area (Å²) in [5.74, 6) is 0. The lowest BCUT2D eigenvalue weighted by atomic mass is 10.1. The van der Waals surface area contributed by atoms with Crippen molar-refractivity contribution in [3.63, 3.8) is 0 Å². The van der Waals surface area contributed by atoms with Crippen molar-refractivity contribution in [2.24, 2.45) is 5.73 Å². The standard InChI is InChI=1S/C17H26ClN3/c18-16-12-14(6-8-19)4-5-17(16)21-11-7-15(13-21)20-9-2-1-3-10-20/h4-5,12,15H,1-3,6-11,13,19H2. The lowest BCUT2D eigenvalue weighted by molar-refractivity contribution is 0.175. The zero-order valence-corrected chi connectivity index (χ0v) is 13.5. The topological polar surface area (TPSA) is 32.5 Å². The van der Waals surface area contributed by atoms with Crippen molar-refractivity contribution >= 4 is 17.3 Å². The van der Waals surface area contributed by atoms with Crippen molar-refractivity contribution in [3.05, 3.63) is 28.8 Å². The molecule has 0 amide bonds. The van der Waals surface area contributed by atoms with E-state index in [1.54, 1.807) is 0 Å². The number of nitrogens with zero attached hydrogens (tertiary/aromatic N) is 2. The number of anilines is 1. The number of rotatable bonds is 4. The van der Waals surface area contributed by atoms with Gasteiger partial charge in [0, 0.05) is 19.1 Å². The fourth-order valence-corrected chi connectivity index (χ4v) is 3.99. The highest BCUT2D eigenvalue weighted by Crippen LogP contribution is 2.31. The molecule has 0 radical (unpaired) electrons. The van der Waals surface area contributed by atoms with Crippen molar-refractivity contribution in [2.75, 3.05) is 37.6 Å². The van der Waals surface area contributed by atoms with E-state index in [0.717, 1.165) is 24.5 Å². The first kappa shape index (κ1) is 15.1. The second kappa shape index (κ2) is 6.99. The molecule has 1 atom stereocenters. The molecule has 21 heavy (non-hydrogen) atoms. The first-order chi connectivity index (χ1) is 10.3. The third kappa shape index (κ3) is 3.53. The zero-order chi connectivity index (χ0) is 14.7. The fourth-order valence-electron chi connectivity index (χ4n) is 3.67. The third-order valence-electron chi connectivity index (χ3n) is 4.86. The molecule has 1 unspecified atom stereocenters. The van der Waals surface area contributed by atoms with Gasteiger partial charge in [-0.1, -0.05) is 24.1 Å². The minimum atomic E-state index is 0.677. The SMILES string of the molecule is NCCc1ccc(N2CCC(N3CCCCC3)C2)c(Cl)c1. The van der Waals surface area contributed by atoms with Crippen LogP contribution in [0.1, 0.15) is 31.2 Å². The fraction of sp³-hybridized carbons (Fsp3) is 0.647. The van der Waals surface area contributed by atoms with E-state index in [1.807, 2.05) is 0 Å². The molecule has 0 aliphatic carbocycles. The number of halogens is 1. The largest absolute Gasteiger partial charge is 0.369 e. The predicted molar refractivity (Wildman–Crippen MR) is 90.3 cm³/mol. The molecule has 0 spiro atoms. The second-order valence-corrected chi connectivity index (χ2v) is 6.72. The minimum Gasteiger partial charge on any atom is -0.369 e. The van der Waals surface area contributed by atoms with Crippen LogP contribution in [-0.4, -0.2) is 43.7 Å². The Hall–Kier alpha value is -0.770. The zero-order valence-electron chi connectivity index (χ0n) is 12.7. The Morgan fingerprint density at radius 1 is 1.14 bits per heavy atom. The van der Waals surface area contributed by atoms with Gasteiger partial charge in [-0.15, -0.1) is 0 Å². The molecule has 2 heterocycles. The summed E-state index contributed by atoms with van der Waals surface area (Å²) in [5, 5.41) is 0.875. The molecular weight excluding hydrogens is 282 g/mol. The second-order valence-electron chi connectivity index (χ2n) is 6.31. The molecule has 2 N–H and O–H groups in total. The van der Waals surface area contributed by atoms with Crippen molar-refractivity contribution in [2.45, 2.75) is 38.1 Å². The quantitative estimate of drug-likeness (QED) is 0.928. The van der Waals surface area contributed by atoms with Crippen LogP contribution in [0.3, 0.4) is 0 Å². The van der Waals surface area contributed by atoms with Gasteiger partial charge in [-0.3, -0.25) is 4.90 Å². The van der Waals surface area contributed by atoms with Crippen LogP contribution in [0, 0.1) is 0 Å². The summed E-state index contributed by atoms with van der Waals surface area (Å²) in [5.41, 5.74) is 8.04. The van der Waals surface area contributed by atoms with E-state index in [-0.39, 0.29) is 0 Å². The maximum atomic E-state index is 6.48. The molecule has 3 rings (SSSR count). The van der Waals surface area contributed by atoms with Crippen LogP contribution in [0.4, 0.5) is 5.69 Å². The van der Waals surface area contributed by atoms with Gasteiger partial charge in [-0.05, 0) is 63.0 Å². The average molecular weight is 308 g/mol. The summed E-state index contributed by atoms with van der Waals surface area (Å²) < 4.78 is 0. The number of hydrogen-bond donors (Lipinski definition) is 1. The van der Waals surface area contributed by atoms with Gasteiger partial charge in [-0.25, -0.2) is 0 Å². The van der Waals surface area contributed by atoms with Crippen LogP contribution < -0.4 is 10.6 Å². The molecule has 1 aromatic rings. The van der Waals surface area contributed by atoms with Gasteiger partial charge in [0.1, 0.15) is 0 Å². The van der Waals surface area contributed by atoms with Crippen molar-refractivity contribution < 1.29 is 0 Å². The molecule has 116 valence electrons. The summed E-state index contributed by atoms with van der Waals surface area (Å²) in [6.45, 7) is 5.48. The van der Waals surface area contributed by atoms with Crippen LogP contribution >= 0.6 is 11.6 Å². The van der Waals surface area contributed by atoms with Gasteiger partial charge < -0.3 is 10.6 Å². The number of likely N-dealkylation sites (tertiary alicyclic amines) is 1. The highest BCUT2D eigenvalue weighted by molar-refractivity contribution is 6.33. The molecule has 3 nitrogen and oxygen atoms in total. The Morgan fingerprint density at radius 2 is 1.95 bits per heavy atom. The van der Waals surface area contributed by atoms with Crippen molar-refractivity contribution in [3.8, 4) is 0 Å². The van der Waals surface area contributed by atoms with E-state index in [1.165, 1.54) is 50.0 Å². The van der Waals surface area contributed by atoms with E-state index >= 15 is 0 Å². The monoisotopic (exact) mass is 307 g/mol. The molecule has 0 bridgehead atoms. The number of nitrogens with two attached hydrogens (primary N) is 1. The van der Waals surface area contributed by atoms with Crippen LogP contribution in [-0.2, 0) is 6.42 Å². The van der Waals surface area contributed by atoms with Crippen LogP contribution in [0.15, 0.2) is 18.2 Å². The highest BCUT2D eigenvalue weighted by atomic mass is 35.5. The summed E-state index contributed by atoms with van der Waals surface area (Å²) in [7, 11) is 0. The summed E-state index contributed by atoms with van der Waals surface area (Å²) >= 11 is 6.48. The summed E-state index contributed by atoms with van der Waals surface area (Å²) in [6, 6.07) is 7.14. The third-order valence-corrected chi connectivity index (χ3v) is 5.16. The van der Waals surface area contributed by atoms with Crippen LogP contribution in [0.25, 0.3) is 0 Å². The van der Waals surface area contributed by atoms with Gasteiger partial charge in [0.2, 0.25) is 0 Å². The van der Waals surface area contributed by atoms with E-state index in [4.69, 9.17) is 17.3 Å². The Kier molecular flexibility index (Phi) is 5.04. The van der Waals surface area contributed by atoms with Crippen LogP contribution in [0.5, 0.6) is 0 Å². The molecular formula is C17H26ClN3. The average Bonchev–Trinajstić information content (AvgIpc) is 2.98. The first-order valence-electron chi connectivity index (χ1n) is 8.25. The Morgan fingerprint density at radius 3 is 2.67 bits per heavy atom. The van der Waals surface area contributed by atoms with Crippen molar-refractivity contribution in [1.29, 1.82) is 0 Å². The molecule has 0 aromatic heterocycles. The Labute approximate surface area is 133 Å². The minimum absolute atomic E-state index is 0.677. The first-order valence-corrected chi connectivity index (χ1v) is 8.63. The lowest BCUT2D eigenvalue weighted by Gasteiger charge is -2.32. The molecule has 2 fully saturated rings. The van der Waals surface area contributed by atoms with Crippen LogP contribution in [0.2, 0.25) is 5.02 Å².